The normalized spacial score (nSPS) is 27.8. The molecule has 19 heavy (non-hydrogen) atoms. The van der Waals surface area contributed by atoms with Gasteiger partial charge >= 0.3 is 6.09 Å². The minimum absolute atomic E-state index is 0.237. The number of hydrogen-bond donors (Lipinski definition) is 1. The van der Waals surface area contributed by atoms with E-state index in [0.29, 0.717) is 13.1 Å². The molecule has 1 atom stereocenters. The van der Waals surface area contributed by atoms with Gasteiger partial charge in [0.25, 0.3) is 0 Å². The number of carbonyl (C=O) groups excluding carboxylic acids is 1. The number of likely N-dealkylation sites (tertiary alicyclic amines) is 1. The van der Waals surface area contributed by atoms with Crippen molar-refractivity contribution in [1.29, 1.82) is 0 Å². The summed E-state index contributed by atoms with van der Waals surface area (Å²) in [7, 11) is 0. The monoisotopic (exact) mass is 332 g/mol. The van der Waals surface area contributed by atoms with Crippen molar-refractivity contribution in [1.82, 2.24) is 10.4 Å². The lowest BCUT2D eigenvalue weighted by Gasteiger charge is -2.27. The Morgan fingerprint density at radius 2 is 2.21 bits per heavy atom. The standard InChI is InChI=1S/C13H21BrN2O3/c1-12(2,3)18-11(17)16-7-4-5-13(6-8-16)9-10(14)15-19-13/h9,15H,4-8H2,1-3H3. The van der Waals surface area contributed by atoms with Crippen molar-refractivity contribution in [2.45, 2.75) is 51.2 Å². The molecule has 0 bridgehead atoms. The van der Waals surface area contributed by atoms with E-state index in [2.05, 4.69) is 21.4 Å². The largest absolute Gasteiger partial charge is 0.444 e. The van der Waals surface area contributed by atoms with E-state index in [0.717, 1.165) is 23.9 Å². The van der Waals surface area contributed by atoms with E-state index in [1.54, 1.807) is 4.90 Å². The first-order valence-electron chi connectivity index (χ1n) is 6.60. The SMILES string of the molecule is CC(C)(C)OC(=O)N1CCCC2(C=C(Br)NO2)CC1. The molecule has 1 N–H and O–H groups in total. The van der Waals surface area contributed by atoms with Gasteiger partial charge in [-0.25, -0.2) is 4.79 Å². The van der Waals surface area contributed by atoms with Crippen LogP contribution in [0, 0.1) is 0 Å². The average molecular weight is 333 g/mol. The second-order valence-corrected chi connectivity index (χ2v) is 6.94. The molecular weight excluding hydrogens is 312 g/mol. The number of hydroxylamine groups is 1. The molecular formula is C13H21BrN2O3. The Labute approximate surface area is 122 Å². The van der Waals surface area contributed by atoms with E-state index in [1.165, 1.54) is 0 Å². The minimum atomic E-state index is -0.449. The molecule has 2 aliphatic heterocycles. The van der Waals surface area contributed by atoms with Crippen LogP contribution in [-0.4, -0.2) is 35.3 Å². The van der Waals surface area contributed by atoms with Crippen LogP contribution in [0.2, 0.25) is 0 Å². The van der Waals surface area contributed by atoms with Gasteiger partial charge in [0.15, 0.2) is 0 Å². The molecule has 0 aromatic carbocycles. The summed E-state index contributed by atoms with van der Waals surface area (Å²) in [5.74, 6) is 0. The summed E-state index contributed by atoms with van der Waals surface area (Å²) in [6, 6.07) is 0. The minimum Gasteiger partial charge on any atom is -0.444 e. The van der Waals surface area contributed by atoms with Crippen LogP contribution in [-0.2, 0) is 9.57 Å². The van der Waals surface area contributed by atoms with E-state index < -0.39 is 5.60 Å². The third kappa shape index (κ3) is 3.86. The van der Waals surface area contributed by atoms with Gasteiger partial charge < -0.3 is 9.64 Å². The van der Waals surface area contributed by atoms with Crippen molar-refractivity contribution in [2.24, 2.45) is 0 Å². The zero-order valence-corrected chi connectivity index (χ0v) is 13.2. The third-order valence-electron chi connectivity index (χ3n) is 3.23. The number of hydrogen-bond acceptors (Lipinski definition) is 4. The predicted octanol–water partition coefficient (Wildman–Crippen LogP) is 2.92. The van der Waals surface area contributed by atoms with Crippen molar-refractivity contribution in [3.8, 4) is 0 Å². The van der Waals surface area contributed by atoms with Crippen molar-refractivity contribution in [2.75, 3.05) is 13.1 Å². The van der Waals surface area contributed by atoms with Gasteiger partial charge in [-0.05, 0) is 55.6 Å². The highest BCUT2D eigenvalue weighted by Gasteiger charge is 2.37. The van der Waals surface area contributed by atoms with Crippen molar-refractivity contribution < 1.29 is 14.4 Å². The van der Waals surface area contributed by atoms with Crippen molar-refractivity contribution in [3.63, 3.8) is 0 Å². The Balaban J connectivity index is 1.96. The van der Waals surface area contributed by atoms with E-state index in [4.69, 9.17) is 9.57 Å². The Hall–Kier alpha value is -0.750. The van der Waals surface area contributed by atoms with Crippen LogP contribution < -0.4 is 5.48 Å². The van der Waals surface area contributed by atoms with E-state index in [-0.39, 0.29) is 11.7 Å². The summed E-state index contributed by atoms with van der Waals surface area (Å²) < 4.78 is 6.27. The molecule has 1 amide bonds. The fourth-order valence-electron chi connectivity index (χ4n) is 2.33. The first-order valence-corrected chi connectivity index (χ1v) is 7.39. The second kappa shape index (κ2) is 5.32. The summed E-state index contributed by atoms with van der Waals surface area (Å²) in [6.07, 6.45) is 4.38. The summed E-state index contributed by atoms with van der Waals surface area (Å²) in [6.45, 7) is 7.01. The molecule has 1 unspecified atom stereocenters. The molecule has 0 aliphatic carbocycles. The van der Waals surface area contributed by atoms with Crippen LogP contribution in [0.25, 0.3) is 0 Å². The molecule has 2 rings (SSSR count). The Kier molecular flexibility index (Phi) is 4.11. The molecule has 1 saturated heterocycles. The summed E-state index contributed by atoms with van der Waals surface area (Å²) >= 11 is 3.38. The molecule has 2 heterocycles. The number of rotatable bonds is 0. The zero-order chi connectivity index (χ0) is 14.1. The highest BCUT2D eigenvalue weighted by Crippen LogP contribution is 2.33. The number of amides is 1. The van der Waals surface area contributed by atoms with Gasteiger partial charge in [-0.2, -0.15) is 0 Å². The number of ether oxygens (including phenoxy) is 1. The number of nitrogens with zero attached hydrogens (tertiary/aromatic N) is 1. The van der Waals surface area contributed by atoms with Crippen LogP contribution in [0.15, 0.2) is 10.7 Å². The maximum Gasteiger partial charge on any atom is 0.410 e. The lowest BCUT2D eigenvalue weighted by Crippen LogP contribution is -2.38. The summed E-state index contributed by atoms with van der Waals surface area (Å²) in [5.41, 5.74) is 2.09. The van der Waals surface area contributed by atoms with Gasteiger partial charge in [0.2, 0.25) is 0 Å². The maximum absolute atomic E-state index is 12.1. The van der Waals surface area contributed by atoms with Gasteiger partial charge in [-0.3, -0.25) is 10.3 Å². The molecule has 0 radical (unpaired) electrons. The highest BCUT2D eigenvalue weighted by atomic mass is 79.9. The fraction of sp³-hybridized carbons (Fsp3) is 0.769. The molecule has 1 fully saturated rings. The van der Waals surface area contributed by atoms with Gasteiger partial charge in [0, 0.05) is 19.5 Å². The third-order valence-corrected chi connectivity index (χ3v) is 3.62. The van der Waals surface area contributed by atoms with Crippen LogP contribution in [0.1, 0.15) is 40.0 Å². The molecule has 0 saturated carbocycles. The summed E-state index contributed by atoms with van der Waals surface area (Å²) in [5, 5.41) is 0. The Bertz CT molecular complexity index is 392. The number of nitrogens with one attached hydrogen (secondary N) is 1. The number of carbonyl (C=O) groups is 1. The highest BCUT2D eigenvalue weighted by molar-refractivity contribution is 9.11. The van der Waals surface area contributed by atoms with E-state index >= 15 is 0 Å². The van der Waals surface area contributed by atoms with Crippen molar-refractivity contribution >= 4 is 22.0 Å². The topological polar surface area (TPSA) is 50.8 Å². The van der Waals surface area contributed by atoms with Crippen LogP contribution >= 0.6 is 15.9 Å². The van der Waals surface area contributed by atoms with Gasteiger partial charge in [0.1, 0.15) is 15.8 Å². The van der Waals surface area contributed by atoms with E-state index in [9.17, 15) is 4.79 Å². The number of halogens is 1. The fourth-order valence-corrected chi connectivity index (χ4v) is 2.82. The molecule has 0 aromatic heterocycles. The van der Waals surface area contributed by atoms with Crippen LogP contribution in [0.5, 0.6) is 0 Å². The van der Waals surface area contributed by atoms with E-state index in [1.807, 2.05) is 26.8 Å². The van der Waals surface area contributed by atoms with Crippen LogP contribution in [0.3, 0.4) is 0 Å². The first-order chi connectivity index (χ1) is 8.80. The second-order valence-electron chi connectivity index (χ2n) is 6.08. The molecule has 0 aromatic rings. The summed E-state index contributed by atoms with van der Waals surface area (Å²) in [4.78, 5) is 19.5. The smallest absolute Gasteiger partial charge is 0.410 e. The predicted molar refractivity (Wildman–Crippen MR) is 75.6 cm³/mol. The lowest BCUT2D eigenvalue weighted by molar-refractivity contribution is -0.0461. The zero-order valence-electron chi connectivity index (χ0n) is 11.7. The van der Waals surface area contributed by atoms with Crippen LogP contribution in [0.4, 0.5) is 4.79 Å². The Morgan fingerprint density at radius 1 is 1.47 bits per heavy atom. The van der Waals surface area contributed by atoms with Crippen molar-refractivity contribution in [3.05, 3.63) is 10.7 Å². The molecule has 1 spiro atoms. The lowest BCUT2D eigenvalue weighted by atomic mass is 9.95. The van der Waals surface area contributed by atoms with Gasteiger partial charge in [0.05, 0.1) is 0 Å². The first kappa shape index (κ1) is 14.7. The maximum atomic E-state index is 12.1. The average Bonchev–Trinajstić information content (AvgIpc) is 2.52. The van der Waals surface area contributed by atoms with Gasteiger partial charge in [-0.15, -0.1) is 0 Å². The molecule has 108 valence electrons. The Morgan fingerprint density at radius 3 is 2.79 bits per heavy atom. The molecule has 5 nitrogen and oxygen atoms in total. The van der Waals surface area contributed by atoms with Gasteiger partial charge in [-0.1, -0.05) is 0 Å². The molecule has 2 aliphatic rings. The molecule has 6 heteroatoms. The quantitative estimate of drug-likeness (QED) is 0.693.